The van der Waals surface area contributed by atoms with E-state index in [9.17, 15) is 24.0 Å². The molecule has 0 unspecified atom stereocenters. The molecule has 0 saturated heterocycles. The predicted molar refractivity (Wildman–Crippen MR) is 137 cm³/mol. The zero-order chi connectivity index (χ0) is 28.4. The summed E-state index contributed by atoms with van der Waals surface area (Å²) in [4.78, 5) is 67.9. The Morgan fingerprint density at radius 3 is 2.51 bits per heavy atom. The fraction of sp³-hybridized carbons (Fsp3) is 0.217. The Labute approximate surface area is 223 Å². The molecule has 2 aromatic carbocycles. The molecule has 1 amide bonds. The van der Waals surface area contributed by atoms with E-state index in [1.807, 2.05) is 11.0 Å². The monoisotopic (exact) mass is 556 g/mol. The molecule has 0 atom stereocenters. The van der Waals surface area contributed by atoms with E-state index in [1.54, 1.807) is 0 Å². The van der Waals surface area contributed by atoms with Crippen LogP contribution < -0.4 is 32.1 Å². The number of esters is 1. The average Bonchev–Trinajstić information content (AvgIpc) is 3.37. The zero-order valence-electron chi connectivity index (χ0n) is 20.3. The number of aromatic nitrogens is 4. The van der Waals surface area contributed by atoms with Crippen molar-refractivity contribution in [1.29, 1.82) is 0 Å². The molecule has 0 saturated carbocycles. The number of halogens is 1. The number of nitrogen functional groups attached to an aromatic ring is 1. The summed E-state index contributed by atoms with van der Waals surface area (Å²) in [5.74, 6) is -3.78. The predicted octanol–water partition coefficient (Wildman–Crippen LogP) is -0.621. The number of nitrogens with zero attached hydrogens (tertiary/aromatic N) is 5. The summed E-state index contributed by atoms with van der Waals surface area (Å²) in [5, 5.41) is 12.5. The van der Waals surface area contributed by atoms with Gasteiger partial charge in [0.2, 0.25) is 5.82 Å². The number of fused-ring (bicyclic) bond motifs is 2. The lowest BCUT2D eigenvalue weighted by atomic mass is 9.96. The number of primary amides is 1. The molecular weight excluding hydrogens is 536 g/mol. The second-order valence-corrected chi connectivity index (χ2v) is 8.61. The summed E-state index contributed by atoms with van der Waals surface area (Å²) in [5.41, 5.74) is 12.9. The summed E-state index contributed by atoms with van der Waals surface area (Å²) >= 11 is 5.52. The van der Waals surface area contributed by atoms with Gasteiger partial charge in [-0.25, -0.2) is 19.4 Å². The number of amides is 1. The number of carboxylic acids is 1. The first-order valence-electron chi connectivity index (χ1n) is 11.2. The zero-order valence-corrected chi connectivity index (χ0v) is 21.1. The van der Waals surface area contributed by atoms with Crippen molar-refractivity contribution in [2.24, 2.45) is 5.73 Å². The lowest BCUT2D eigenvalue weighted by Crippen LogP contribution is -2.44. The largest absolute Gasteiger partial charge is 0.477 e. The van der Waals surface area contributed by atoms with Crippen molar-refractivity contribution in [2.45, 2.75) is 19.5 Å². The van der Waals surface area contributed by atoms with Gasteiger partial charge < -0.3 is 26.2 Å². The van der Waals surface area contributed by atoms with Gasteiger partial charge in [-0.1, -0.05) is 18.2 Å². The van der Waals surface area contributed by atoms with Gasteiger partial charge in [-0.2, -0.15) is 9.50 Å². The standard InChI is InChI=1S/C14H14ClN3O2.C9H7N5O5/c15-17-6-8-1-2-9-3-4-18(7-10(9)5-8)12-11(16)13(19)14(12)20;1-19-8(18)4-2-3(7(16)17)11-9-12-6(5(10)15)13-14(4)9/h1-2,5,17H,3-4,6-7,16H2;2H,1H3,(H2,10,15)(H,16,17). The van der Waals surface area contributed by atoms with E-state index in [-0.39, 0.29) is 23.0 Å². The van der Waals surface area contributed by atoms with E-state index in [0.29, 0.717) is 25.3 Å². The number of ether oxygens (including phenoxy) is 1. The highest BCUT2D eigenvalue weighted by Gasteiger charge is 2.27. The first kappa shape index (κ1) is 27.2. The SMILES string of the molecule is COC(=O)c1cc(C(=O)O)nc2nc(C(N)=O)nn12.Nc1c(N2CCc3ccc(CNCl)cc3C2)c(=O)c1=O. The molecule has 2 aromatic heterocycles. The molecule has 0 aliphatic carbocycles. The van der Waals surface area contributed by atoms with E-state index in [4.69, 9.17) is 28.4 Å². The third kappa shape index (κ3) is 5.25. The minimum atomic E-state index is -1.36. The third-order valence-corrected chi connectivity index (χ3v) is 6.07. The van der Waals surface area contributed by atoms with E-state index in [2.05, 4.69) is 36.8 Å². The molecule has 16 heteroatoms. The maximum atomic E-state index is 11.6. The second kappa shape index (κ2) is 10.8. The summed E-state index contributed by atoms with van der Waals surface area (Å²) in [6.07, 6.45) is 0.835. The normalized spacial score (nSPS) is 12.5. The number of hydrogen-bond acceptors (Lipinski definition) is 12. The first-order valence-corrected chi connectivity index (χ1v) is 11.6. The molecule has 39 heavy (non-hydrogen) atoms. The molecule has 4 aromatic rings. The van der Waals surface area contributed by atoms with E-state index < -0.39 is 34.4 Å². The van der Waals surface area contributed by atoms with Crippen molar-refractivity contribution in [1.82, 2.24) is 24.4 Å². The molecule has 1 aliphatic heterocycles. The summed E-state index contributed by atoms with van der Waals surface area (Å²) in [6.45, 7) is 1.88. The molecule has 0 bridgehead atoms. The molecule has 15 nitrogen and oxygen atoms in total. The third-order valence-electron chi connectivity index (χ3n) is 5.94. The van der Waals surface area contributed by atoms with Crippen LogP contribution >= 0.6 is 11.8 Å². The van der Waals surface area contributed by atoms with E-state index in [1.165, 1.54) is 5.56 Å². The molecular formula is C23H21ClN8O7. The average molecular weight is 557 g/mol. The number of aromatic carboxylic acids is 1. The minimum Gasteiger partial charge on any atom is -0.477 e. The van der Waals surface area contributed by atoms with Crippen molar-refractivity contribution in [2.75, 3.05) is 24.3 Å². The van der Waals surface area contributed by atoms with Gasteiger partial charge in [-0.3, -0.25) is 14.4 Å². The van der Waals surface area contributed by atoms with Gasteiger partial charge in [0.25, 0.3) is 22.5 Å². The topological polar surface area (TPSA) is 225 Å². The van der Waals surface area contributed by atoms with Gasteiger partial charge in [0, 0.05) is 25.7 Å². The van der Waals surface area contributed by atoms with Crippen LogP contribution in [0.3, 0.4) is 0 Å². The number of carbonyl (C=O) groups is 3. The highest BCUT2D eigenvalue weighted by atomic mass is 35.5. The smallest absolute Gasteiger partial charge is 0.356 e. The number of anilines is 2. The number of hydrogen-bond donors (Lipinski definition) is 4. The molecule has 3 heterocycles. The van der Waals surface area contributed by atoms with Crippen LogP contribution in [0.5, 0.6) is 0 Å². The summed E-state index contributed by atoms with van der Waals surface area (Å²) in [6, 6.07) is 7.15. The Morgan fingerprint density at radius 1 is 1.15 bits per heavy atom. The highest BCUT2D eigenvalue weighted by Crippen LogP contribution is 2.26. The Hall–Kier alpha value is -4.89. The van der Waals surface area contributed by atoms with Crippen LogP contribution in [0.25, 0.3) is 5.78 Å². The van der Waals surface area contributed by atoms with Crippen LogP contribution in [0.1, 0.15) is 48.3 Å². The Morgan fingerprint density at radius 2 is 1.90 bits per heavy atom. The lowest BCUT2D eigenvalue weighted by Gasteiger charge is -2.31. The molecule has 1 aliphatic rings. The number of carboxylic acid groups (broad SMARTS) is 1. The van der Waals surface area contributed by atoms with Crippen molar-refractivity contribution < 1.29 is 24.2 Å². The van der Waals surface area contributed by atoms with Crippen LogP contribution in [0.2, 0.25) is 0 Å². The van der Waals surface area contributed by atoms with Crippen LogP contribution in [0, 0.1) is 0 Å². The van der Waals surface area contributed by atoms with Crippen molar-refractivity contribution >= 4 is 46.8 Å². The van der Waals surface area contributed by atoms with Crippen molar-refractivity contribution in [3.05, 3.63) is 78.6 Å². The van der Waals surface area contributed by atoms with Gasteiger partial charge in [-0.15, -0.1) is 5.10 Å². The minimum absolute atomic E-state index is 0.0945. The van der Waals surface area contributed by atoms with Gasteiger partial charge in [0.05, 0.1) is 7.11 Å². The fourth-order valence-electron chi connectivity index (χ4n) is 4.03. The van der Waals surface area contributed by atoms with E-state index >= 15 is 0 Å². The number of rotatable bonds is 6. The van der Waals surface area contributed by atoms with Gasteiger partial charge in [-0.05, 0) is 34.9 Å². The summed E-state index contributed by atoms with van der Waals surface area (Å²) in [7, 11) is 1.11. The van der Waals surface area contributed by atoms with Crippen molar-refractivity contribution in [3.63, 3.8) is 0 Å². The second-order valence-electron chi connectivity index (χ2n) is 8.34. The van der Waals surface area contributed by atoms with Gasteiger partial charge >= 0.3 is 11.9 Å². The highest BCUT2D eigenvalue weighted by molar-refractivity contribution is 6.13. The molecule has 0 radical (unpaired) electrons. The quantitative estimate of drug-likeness (QED) is 0.132. The number of methoxy groups -OCH3 is 1. The fourth-order valence-corrected chi connectivity index (χ4v) is 4.19. The van der Waals surface area contributed by atoms with Crippen molar-refractivity contribution in [3.8, 4) is 0 Å². The van der Waals surface area contributed by atoms with Crippen LogP contribution in [0.15, 0.2) is 33.9 Å². The van der Waals surface area contributed by atoms with Gasteiger partial charge in [0.1, 0.15) is 11.4 Å². The van der Waals surface area contributed by atoms with Crippen LogP contribution in [0.4, 0.5) is 11.4 Å². The molecule has 6 N–H and O–H groups in total. The maximum absolute atomic E-state index is 11.6. The van der Waals surface area contributed by atoms with E-state index in [0.717, 1.165) is 35.2 Å². The van der Waals surface area contributed by atoms with Crippen LogP contribution in [-0.4, -0.2) is 56.2 Å². The number of nitrogens with one attached hydrogen (secondary N) is 1. The Kier molecular flexibility index (Phi) is 7.55. The molecule has 0 spiro atoms. The molecule has 0 fully saturated rings. The van der Waals surface area contributed by atoms with Gasteiger partial charge in [0.15, 0.2) is 11.4 Å². The Bertz CT molecular complexity index is 1690. The number of nitrogens with two attached hydrogens (primary N) is 2. The molecule has 202 valence electrons. The van der Waals surface area contributed by atoms with Crippen LogP contribution in [-0.2, 0) is 24.2 Å². The lowest BCUT2D eigenvalue weighted by molar-refractivity contribution is 0.0590. The maximum Gasteiger partial charge on any atom is 0.356 e. The Balaban J connectivity index is 0.000000181. The summed E-state index contributed by atoms with van der Waals surface area (Å²) < 4.78 is 5.37. The number of carbonyl (C=O) groups excluding carboxylic acids is 2. The number of benzene rings is 1. The molecule has 5 rings (SSSR count). The first-order chi connectivity index (χ1) is 18.5.